The molecule has 0 aromatic rings. The molecule has 10 heteroatoms. The second-order valence-electron chi connectivity index (χ2n) is 0.429. The van der Waals surface area contributed by atoms with Gasteiger partial charge in [-0.05, 0) is 0 Å². The topological polar surface area (TPSA) is 63.0 Å². The first-order chi connectivity index (χ1) is 2.00. The van der Waals surface area contributed by atoms with E-state index in [1.54, 1.807) is 0 Å². The molecule has 0 unspecified atom stereocenters. The van der Waals surface area contributed by atoms with E-state index in [-0.39, 0.29) is 84.6 Å². The van der Waals surface area contributed by atoms with Crippen LogP contribution >= 0.6 is 37.2 Å². The molecule has 0 aromatic carbocycles. The fourth-order valence-electron chi connectivity index (χ4n) is 0. The third kappa shape index (κ3) is 91.9. The number of hydrogen-bond donors (Lipinski definition) is 0. The van der Waals surface area contributed by atoms with Gasteiger partial charge in [-0.2, -0.15) is 0 Å². The van der Waals surface area contributed by atoms with Gasteiger partial charge in [0.25, 0.3) is 0 Å². The predicted molar refractivity (Wildman–Crippen MR) is 36.4 cm³/mol. The van der Waals surface area contributed by atoms with E-state index in [9.17, 15) is 0 Å². The van der Waals surface area contributed by atoms with Crippen LogP contribution < -0.4 is 24.8 Å². The summed E-state index contributed by atoms with van der Waals surface area (Å²) in [6, 6.07) is 0. The Morgan fingerprint density at radius 1 is 0.700 bits per heavy atom. The molecule has 0 aliphatic rings. The van der Waals surface area contributed by atoms with Gasteiger partial charge in [0, 0.05) is 0 Å². The molecule has 64 valence electrons. The minimum absolute atomic E-state index is 0. The SMILES string of the molecule is O.O.[Ba+2].[Cl-].[Cl-].[Cl][Ti]([Cl])([Cl])[Cl]. The summed E-state index contributed by atoms with van der Waals surface area (Å²) in [4.78, 5) is 0. The van der Waals surface area contributed by atoms with E-state index < -0.39 is 12.3 Å². The summed E-state index contributed by atoms with van der Waals surface area (Å²) in [5.41, 5.74) is 0. The van der Waals surface area contributed by atoms with Crippen molar-refractivity contribution >= 4 is 86.1 Å². The van der Waals surface area contributed by atoms with Crippen LogP contribution in [0.25, 0.3) is 0 Å². The van der Waals surface area contributed by atoms with E-state index in [0.717, 1.165) is 0 Å². The third-order valence-electron chi connectivity index (χ3n) is 0. The molecule has 4 N–H and O–H groups in total. The molecule has 0 atom stereocenters. The van der Waals surface area contributed by atoms with Crippen molar-refractivity contribution in [3.05, 3.63) is 0 Å². The van der Waals surface area contributed by atoms with E-state index >= 15 is 0 Å². The van der Waals surface area contributed by atoms with Crippen LogP contribution in [0.5, 0.6) is 0 Å². The summed E-state index contributed by atoms with van der Waals surface area (Å²) in [5.74, 6) is 0. The molecule has 0 aromatic heterocycles. The van der Waals surface area contributed by atoms with E-state index in [1.165, 1.54) is 0 Å². The predicted octanol–water partition coefficient (Wildman–Crippen LogP) is -5.27. The van der Waals surface area contributed by atoms with Gasteiger partial charge < -0.3 is 35.8 Å². The monoisotopic (exact) mass is 432 g/mol. The van der Waals surface area contributed by atoms with Gasteiger partial charge in [-0.3, -0.25) is 0 Å². The van der Waals surface area contributed by atoms with Crippen LogP contribution in [0.3, 0.4) is 0 Å². The second-order valence-corrected chi connectivity index (χ2v) is 15.9. The van der Waals surface area contributed by atoms with Gasteiger partial charge in [-0.1, -0.05) is 0 Å². The Labute approximate surface area is 131 Å². The van der Waals surface area contributed by atoms with Crippen molar-refractivity contribution in [2.75, 3.05) is 0 Å². The number of halogens is 6. The van der Waals surface area contributed by atoms with Gasteiger partial charge in [0.15, 0.2) is 0 Å². The maximum absolute atomic E-state index is 5.01. The van der Waals surface area contributed by atoms with Crippen LogP contribution in [0.4, 0.5) is 0 Å². The minimum atomic E-state index is -3.11. The van der Waals surface area contributed by atoms with Crippen LogP contribution in [0, 0.1) is 0 Å². The van der Waals surface area contributed by atoms with Crippen LogP contribution in [0.1, 0.15) is 0 Å². The van der Waals surface area contributed by atoms with Crippen molar-refractivity contribution in [3.63, 3.8) is 0 Å². The Balaban J connectivity index is -0.00000000800. The van der Waals surface area contributed by atoms with Crippen molar-refractivity contribution in [3.8, 4) is 0 Å². The van der Waals surface area contributed by atoms with E-state index in [1.807, 2.05) is 0 Å². The summed E-state index contributed by atoms with van der Waals surface area (Å²) in [7, 11) is 20.1. The molecular formula is H4BaCl6O2Ti. The quantitative estimate of drug-likeness (QED) is 0.343. The first kappa shape index (κ1) is 37.0. The van der Waals surface area contributed by atoms with Crippen molar-refractivity contribution in [2.45, 2.75) is 0 Å². The van der Waals surface area contributed by atoms with E-state index in [4.69, 9.17) is 37.2 Å². The van der Waals surface area contributed by atoms with Crippen LogP contribution in [-0.2, 0) is 12.3 Å². The average Bonchev–Trinajstić information content (AvgIpc) is 0.722. The third-order valence-corrected chi connectivity index (χ3v) is 0. The zero-order valence-electron chi connectivity index (χ0n) is 4.47. The van der Waals surface area contributed by atoms with Crippen molar-refractivity contribution in [2.24, 2.45) is 0 Å². The summed E-state index contributed by atoms with van der Waals surface area (Å²) in [6.45, 7) is 0. The summed E-state index contributed by atoms with van der Waals surface area (Å²) in [6.07, 6.45) is 0. The average molecular weight is 434 g/mol. The van der Waals surface area contributed by atoms with Crippen LogP contribution in [-0.4, -0.2) is 59.8 Å². The molecule has 0 rings (SSSR count). The normalized spacial score (nSPS) is 6.00. The van der Waals surface area contributed by atoms with E-state index in [2.05, 4.69) is 0 Å². The van der Waals surface area contributed by atoms with Gasteiger partial charge in [0.2, 0.25) is 0 Å². The van der Waals surface area contributed by atoms with Gasteiger partial charge >= 0.3 is 98.4 Å². The van der Waals surface area contributed by atoms with Crippen molar-refractivity contribution < 1.29 is 48.1 Å². The maximum atomic E-state index is 5.01. The van der Waals surface area contributed by atoms with Crippen molar-refractivity contribution in [1.82, 2.24) is 0 Å². The van der Waals surface area contributed by atoms with E-state index in [0.29, 0.717) is 0 Å². The van der Waals surface area contributed by atoms with Gasteiger partial charge in [-0.25, -0.2) is 0 Å². The zero-order valence-corrected chi connectivity index (χ0v) is 15.0. The standard InChI is InChI=1S/Ba.6ClH.2H2O.Ti/h;6*1H;2*1H2;/q+2;;;;;;;;;+4/p-6. The first-order valence-corrected chi connectivity index (χ1v) is 9.35. The van der Waals surface area contributed by atoms with Crippen LogP contribution in [0.15, 0.2) is 0 Å². The Morgan fingerprint density at radius 3 is 0.700 bits per heavy atom. The van der Waals surface area contributed by atoms with Gasteiger partial charge in [-0.15, -0.1) is 0 Å². The fraction of sp³-hybridized carbons (Fsp3) is 0. The molecule has 0 radical (unpaired) electrons. The Bertz CT molecular complexity index is 31.2. The fourth-order valence-corrected chi connectivity index (χ4v) is 0. The Kier molecular flexibility index (Phi) is 69.1. The van der Waals surface area contributed by atoms with Gasteiger partial charge in [0.1, 0.15) is 0 Å². The number of rotatable bonds is 0. The molecule has 0 saturated carbocycles. The van der Waals surface area contributed by atoms with Crippen LogP contribution in [0.2, 0.25) is 0 Å². The first-order valence-electron chi connectivity index (χ1n) is 0.756. The molecule has 10 heavy (non-hydrogen) atoms. The molecule has 0 aliphatic carbocycles. The molecule has 0 bridgehead atoms. The zero-order chi connectivity index (χ0) is 4.50. The summed E-state index contributed by atoms with van der Waals surface area (Å²) < 4.78 is 0. The molecule has 0 amide bonds. The second kappa shape index (κ2) is 18.7. The Morgan fingerprint density at radius 2 is 0.700 bits per heavy atom. The molecule has 0 spiro atoms. The number of hydrogen-bond acceptors (Lipinski definition) is 0. The van der Waals surface area contributed by atoms with Gasteiger partial charge in [0.05, 0.1) is 0 Å². The molecule has 2 nitrogen and oxygen atoms in total. The van der Waals surface area contributed by atoms with Crippen molar-refractivity contribution in [1.29, 1.82) is 0 Å². The Hall–Kier alpha value is 3.95. The molecule has 0 heterocycles. The molecular weight excluding hydrogens is 430 g/mol. The summed E-state index contributed by atoms with van der Waals surface area (Å²) >= 11 is -3.11. The molecule has 0 fully saturated rings. The summed E-state index contributed by atoms with van der Waals surface area (Å²) in [5, 5.41) is 0. The molecule has 0 aliphatic heterocycles. The molecule has 0 saturated heterocycles.